The molecule has 4 rings (SSSR count). The molecule has 0 unspecified atom stereocenters. The molecule has 0 saturated carbocycles. The molecule has 0 N–H and O–H groups in total. The van der Waals surface area contributed by atoms with Crippen molar-refractivity contribution in [3.63, 3.8) is 0 Å². The lowest BCUT2D eigenvalue weighted by molar-refractivity contribution is 0.409. The molecule has 3 nitrogen and oxygen atoms in total. The maximum absolute atomic E-state index is 5.48. The minimum absolute atomic E-state index is 0.436. The third-order valence-corrected chi connectivity index (χ3v) is 5.25. The van der Waals surface area contributed by atoms with Crippen LogP contribution in [0, 0.1) is 0 Å². The Hall–Kier alpha value is -3.07. The quantitative estimate of drug-likeness (QED) is 0.626. The summed E-state index contributed by atoms with van der Waals surface area (Å²) in [5, 5.41) is 0. The summed E-state index contributed by atoms with van der Waals surface area (Å²) in [6.45, 7) is 0. The van der Waals surface area contributed by atoms with Crippen molar-refractivity contribution >= 4 is 5.71 Å². The summed E-state index contributed by atoms with van der Waals surface area (Å²) in [4.78, 5) is 5.29. The number of aliphatic imine (C=N–C) groups is 1. The standard InChI is InChI=1S/C24H23NO2/c1-26-21-12-6-10-19(16-21)24(20-11-7-13-22(17-20)27-2)15-14-23(25-24)18-8-4-3-5-9-18/h3-13,16-17H,14-15H2,1-2H3. The molecule has 27 heavy (non-hydrogen) atoms. The van der Waals surface area contributed by atoms with Gasteiger partial charge in [-0.15, -0.1) is 0 Å². The second kappa shape index (κ2) is 7.28. The van der Waals surface area contributed by atoms with Gasteiger partial charge in [0, 0.05) is 5.71 Å². The van der Waals surface area contributed by atoms with E-state index in [1.54, 1.807) is 14.2 Å². The second-order valence-electron chi connectivity index (χ2n) is 6.75. The molecule has 0 radical (unpaired) electrons. The molecule has 0 spiro atoms. The summed E-state index contributed by atoms with van der Waals surface area (Å²) in [7, 11) is 3.40. The van der Waals surface area contributed by atoms with E-state index in [9.17, 15) is 0 Å². The molecule has 3 aromatic rings. The van der Waals surface area contributed by atoms with Crippen LogP contribution >= 0.6 is 0 Å². The van der Waals surface area contributed by atoms with Crippen molar-refractivity contribution in [2.24, 2.45) is 4.99 Å². The van der Waals surface area contributed by atoms with Gasteiger partial charge in [0.2, 0.25) is 0 Å². The number of methoxy groups -OCH3 is 2. The Morgan fingerprint density at radius 3 is 1.89 bits per heavy atom. The highest BCUT2D eigenvalue weighted by molar-refractivity contribution is 6.02. The van der Waals surface area contributed by atoms with E-state index in [1.807, 2.05) is 30.3 Å². The van der Waals surface area contributed by atoms with E-state index in [2.05, 4.69) is 48.5 Å². The third-order valence-electron chi connectivity index (χ3n) is 5.25. The number of rotatable bonds is 5. The fourth-order valence-electron chi connectivity index (χ4n) is 3.83. The largest absolute Gasteiger partial charge is 0.497 e. The normalized spacial score (nSPS) is 15.3. The Morgan fingerprint density at radius 2 is 1.33 bits per heavy atom. The van der Waals surface area contributed by atoms with Gasteiger partial charge in [-0.05, 0) is 53.8 Å². The van der Waals surface area contributed by atoms with Gasteiger partial charge in [0.1, 0.15) is 17.0 Å². The summed E-state index contributed by atoms with van der Waals surface area (Å²) in [6, 6.07) is 26.9. The van der Waals surface area contributed by atoms with E-state index in [-0.39, 0.29) is 0 Å². The molecule has 3 heteroatoms. The summed E-state index contributed by atoms with van der Waals surface area (Å²) in [5.74, 6) is 1.69. The van der Waals surface area contributed by atoms with Crippen LogP contribution in [-0.4, -0.2) is 19.9 Å². The van der Waals surface area contributed by atoms with Gasteiger partial charge in [-0.3, -0.25) is 4.99 Å². The van der Waals surface area contributed by atoms with Crippen LogP contribution in [0.5, 0.6) is 11.5 Å². The molecule has 1 aliphatic rings. The van der Waals surface area contributed by atoms with E-state index >= 15 is 0 Å². The Kier molecular flexibility index (Phi) is 4.68. The van der Waals surface area contributed by atoms with Crippen LogP contribution in [0.3, 0.4) is 0 Å². The fraction of sp³-hybridized carbons (Fsp3) is 0.208. The van der Waals surface area contributed by atoms with Gasteiger partial charge in [-0.2, -0.15) is 0 Å². The Labute approximate surface area is 160 Å². The molecule has 3 aromatic carbocycles. The van der Waals surface area contributed by atoms with Gasteiger partial charge in [0.15, 0.2) is 0 Å². The minimum atomic E-state index is -0.436. The van der Waals surface area contributed by atoms with Crippen molar-refractivity contribution in [1.82, 2.24) is 0 Å². The summed E-state index contributed by atoms with van der Waals surface area (Å²) in [5.41, 5.74) is 4.17. The second-order valence-corrected chi connectivity index (χ2v) is 6.75. The average Bonchev–Trinajstić information content (AvgIpc) is 3.21. The van der Waals surface area contributed by atoms with Crippen molar-refractivity contribution in [3.05, 3.63) is 95.6 Å². The Balaban J connectivity index is 1.89. The van der Waals surface area contributed by atoms with E-state index in [0.717, 1.165) is 41.2 Å². The average molecular weight is 357 g/mol. The highest BCUT2D eigenvalue weighted by atomic mass is 16.5. The van der Waals surface area contributed by atoms with Crippen molar-refractivity contribution in [2.45, 2.75) is 18.4 Å². The fourth-order valence-corrected chi connectivity index (χ4v) is 3.83. The third kappa shape index (κ3) is 3.21. The highest BCUT2D eigenvalue weighted by Crippen LogP contribution is 2.45. The minimum Gasteiger partial charge on any atom is -0.497 e. The van der Waals surface area contributed by atoms with Crippen LogP contribution in [0.15, 0.2) is 83.9 Å². The van der Waals surface area contributed by atoms with E-state index in [0.29, 0.717) is 0 Å². The summed E-state index contributed by atoms with van der Waals surface area (Å²) in [6.07, 6.45) is 1.84. The smallest absolute Gasteiger partial charge is 0.119 e. The van der Waals surface area contributed by atoms with Crippen LogP contribution in [0.25, 0.3) is 0 Å². The molecule has 0 aliphatic carbocycles. The van der Waals surface area contributed by atoms with Crippen LogP contribution in [-0.2, 0) is 5.54 Å². The van der Waals surface area contributed by atoms with Gasteiger partial charge in [0.25, 0.3) is 0 Å². The number of hydrogen-bond acceptors (Lipinski definition) is 3. The predicted octanol–water partition coefficient (Wildman–Crippen LogP) is 5.23. The summed E-state index contributed by atoms with van der Waals surface area (Å²) >= 11 is 0. The van der Waals surface area contributed by atoms with E-state index < -0.39 is 5.54 Å². The van der Waals surface area contributed by atoms with Crippen molar-refractivity contribution in [1.29, 1.82) is 0 Å². The molecule has 1 aliphatic heterocycles. The lowest BCUT2D eigenvalue weighted by Crippen LogP contribution is -2.22. The van der Waals surface area contributed by atoms with Crippen LogP contribution < -0.4 is 9.47 Å². The van der Waals surface area contributed by atoms with Crippen molar-refractivity contribution in [2.75, 3.05) is 14.2 Å². The van der Waals surface area contributed by atoms with Crippen LogP contribution in [0.2, 0.25) is 0 Å². The lowest BCUT2D eigenvalue weighted by atomic mass is 9.81. The van der Waals surface area contributed by atoms with E-state index in [1.165, 1.54) is 5.56 Å². The maximum atomic E-state index is 5.48. The highest BCUT2D eigenvalue weighted by Gasteiger charge is 2.39. The molecule has 0 fully saturated rings. The Bertz CT molecular complexity index is 915. The number of ether oxygens (including phenoxy) is 2. The first kappa shape index (κ1) is 17.3. The lowest BCUT2D eigenvalue weighted by Gasteiger charge is -2.28. The molecule has 1 heterocycles. The zero-order valence-corrected chi connectivity index (χ0v) is 15.7. The first-order valence-corrected chi connectivity index (χ1v) is 9.18. The molecular weight excluding hydrogens is 334 g/mol. The molecular formula is C24H23NO2. The molecule has 0 saturated heterocycles. The zero-order chi connectivity index (χ0) is 18.7. The predicted molar refractivity (Wildman–Crippen MR) is 109 cm³/mol. The number of nitrogens with zero attached hydrogens (tertiary/aromatic N) is 1. The summed E-state index contributed by atoms with van der Waals surface area (Å²) < 4.78 is 11.0. The van der Waals surface area contributed by atoms with Crippen LogP contribution in [0.4, 0.5) is 0 Å². The van der Waals surface area contributed by atoms with E-state index in [4.69, 9.17) is 14.5 Å². The van der Waals surface area contributed by atoms with Gasteiger partial charge in [-0.25, -0.2) is 0 Å². The van der Waals surface area contributed by atoms with Crippen molar-refractivity contribution < 1.29 is 9.47 Å². The molecule has 0 bridgehead atoms. The molecule has 0 atom stereocenters. The van der Waals surface area contributed by atoms with Gasteiger partial charge in [0.05, 0.1) is 14.2 Å². The first-order valence-electron chi connectivity index (χ1n) is 9.18. The van der Waals surface area contributed by atoms with Crippen LogP contribution in [0.1, 0.15) is 29.5 Å². The van der Waals surface area contributed by atoms with Gasteiger partial charge in [-0.1, -0.05) is 54.6 Å². The SMILES string of the molecule is COc1cccc(C2(c3cccc(OC)c3)CCC(c3ccccc3)=N2)c1. The number of benzene rings is 3. The maximum Gasteiger partial charge on any atom is 0.119 e. The monoisotopic (exact) mass is 357 g/mol. The molecule has 136 valence electrons. The zero-order valence-electron chi connectivity index (χ0n) is 15.7. The Morgan fingerprint density at radius 1 is 0.741 bits per heavy atom. The molecule has 0 aromatic heterocycles. The molecule has 0 amide bonds. The van der Waals surface area contributed by atoms with Gasteiger partial charge < -0.3 is 9.47 Å². The first-order chi connectivity index (χ1) is 13.2. The number of hydrogen-bond donors (Lipinski definition) is 0. The van der Waals surface area contributed by atoms with Crippen molar-refractivity contribution in [3.8, 4) is 11.5 Å². The van der Waals surface area contributed by atoms with Gasteiger partial charge >= 0.3 is 0 Å². The topological polar surface area (TPSA) is 30.8 Å².